The number of halogens is 3. The molecule has 1 unspecified atom stereocenters. The predicted molar refractivity (Wildman–Crippen MR) is 192 cm³/mol. The molecule has 1 saturated heterocycles. The third kappa shape index (κ3) is 12.9. The zero-order chi connectivity index (χ0) is 37.0. The van der Waals surface area contributed by atoms with E-state index in [0.29, 0.717) is 0 Å². The molecule has 1 N–H and O–H groups in total. The fourth-order valence-electron chi connectivity index (χ4n) is 5.04. The van der Waals surface area contributed by atoms with Crippen molar-refractivity contribution in [2.75, 3.05) is 6.61 Å². The highest BCUT2D eigenvalue weighted by Crippen LogP contribution is 2.35. The van der Waals surface area contributed by atoms with Gasteiger partial charge in [-0.05, 0) is 37.5 Å². The van der Waals surface area contributed by atoms with Gasteiger partial charge in [0.15, 0.2) is 6.10 Å². The molecular weight excluding hydrogens is 721 g/mol. The van der Waals surface area contributed by atoms with E-state index >= 15 is 0 Å². The number of hydrogen-bond donors (Lipinski definition) is 1. The fourth-order valence-corrected chi connectivity index (χ4v) is 5.17. The molecule has 1 fully saturated rings. The molecule has 3 aromatic carbocycles. The molecule has 5 atom stereocenters. The normalized spacial score (nSPS) is 20.6. The van der Waals surface area contributed by atoms with E-state index in [9.17, 15) is 14.4 Å². The Morgan fingerprint density at radius 3 is 1.73 bits per heavy atom. The summed E-state index contributed by atoms with van der Waals surface area (Å²) in [5, 5.41) is 8.30. The fraction of sp³-hybridized carbons (Fsp3) is 0.421. The quantitative estimate of drug-likeness (QED) is 0.0732. The number of rotatable bonds is 15. The van der Waals surface area contributed by atoms with Crippen LogP contribution in [0.3, 0.4) is 0 Å². The minimum Gasteiger partial charge on any atom is -0.463 e. The van der Waals surface area contributed by atoms with Gasteiger partial charge in [-0.25, -0.2) is 0 Å². The number of hydrogen-bond acceptors (Lipinski definition) is 10. The maximum atomic E-state index is 13.3. The molecule has 10 nitrogen and oxygen atoms in total. The van der Waals surface area contributed by atoms with Crippen molar-refractivity contribution in [3.63, 3.8) is 0 Å². The molecule has 0 saturated carbocycles. The lowest BCUT2D eigenvalue weighted by Crippen LogP contribution is -2.63. The van der Waals surface area contributed by atoms with Crippen LogP contribution in [0, 0.1) is 10.8 Å². The molecule has 0 amide bonds. The van der Waals surface area contributed by atoms with Crippen LogP contribution in [-0.4, -0.2) is 64.7 Å². The summed E-state index contributed by atoms with van der Waals surface area (Å²) in [4.78, 5) is 38.9. The van der Waals surface area contributed by atoms with Gasteiger partial charge >= 0.3 is 11.9 Å². The van der Waals surface area contributed by atoms with Gasteiger partial charge in [-0.1, -0.05) is 126 Å². The van der Waals surface area contributed by atoms with Crippen molar-refractivity contribution in [2.24, 2.45) is 5.41 Å². The Labute approximate surface area is 313 Å². The summed E-state index contributed by atoms with van der Waals surface area (Å²) in [5.41, 5.74) is 1.52. The molecule has 0 spiro atoms. The molecule has 3 aromatic rings. The summed E-state index contributed by atoms with van der Waals surface area (Å²) in [7, 11) is 0. The van der Waals surface area contributed by atoms with Crippen LogP contribution in [0.5, 0.6) is 0 Å². The number of carbonyl (C=O) groups excluding carboxylic acids is 3. The number of carbonyl (C=O) groups is 3. The highest BCUT2D eigenvalue weighted by atomic mass is 35.6. The van der Waals surface area contributed by atoms with E-state index in [1.54, 1.807) is 20.8 Å². The molecule has 4 rings (SSSR count). The van der Waals surface area contributed by atoms with E-state index in [1.807, 2.05) is 91.0 Å². The molecule has 274 valence electrons. The lowest BCUT2D eigenvalue weighted by molar-refractivity contribution is -0.306. The molecule has 0 aromatic heterocycles. The molecule has 0 radical (unpaired) electrons. The van der Waals surface area contributed by atoms with Crippen molar-refractivity contribution in [2.45, 2.75) is 87.7 Å². The Hall–Kier alpha value is -3.51. The largest absolute Gasteiger partial charge is 0.463 e. The van der Waals surface area contributed by atoms with E-state index in [0.717, 1.165) is 16.7 Å². The highest BCUT2D eigenvalue weighted by Gasteiger charge is 2.53. The van der Waals surface area contributed by atoms with Crippen molar-refractivity contribution in [3.05, 3.63) is 108 Å². The zero-order valence-corrected chi connectivity index (χ0v) is 30.9. The van der Waals surface area contributed by atoms with Crippen LogP contribution in [0.4, 0.5) is 0 Å². The van der Waals surface area contributed by atoms with Crippen LogP contribution < -0.4 is 0 Å². The Balaban J connectivity index is 1.62. The molecule has 1 aliphatic rings. The third-order valence-electron chi connectivity index (χ3n) is 7.77. The SMILES string of the molecule is CC(C)(C)C(=O)O[C@H]1C(OC(=N)C(Cl)(Cl)Cl)O[C@H](COC(=O)CCC(=O)Cc2ccccc2)[C@@H](OCc2ccccc2)[C@@H]1OCc1ccccc1. The number of alkyl halides is 3. The van der Waals surface area contributed by atoms with Crippen LogP contribution in [0.25, 0.3) is 0 Å². The monoisotopic (exact) mass is 761 g/mol. The maximum Gasteiger partial charge on any atom is 0.311 e. The second-order valence-electron chi connectivity index (χ2n) is 13.0. The van der Waals surface area contributed by atoms with E-state index in [1.165, 1.54) is 0 Å². The summed E-state index contributed by atoms with van der Waals surface area (Å²) in [5.74, 6) is -2.18. The highest BCUT2D eigenvalue weighted by molar-refractivity contribution is 6.76. The van der Waals surface area contributed by atoms with Crippen LogP contribution in [0.2, 0.25) is 0 Å². The van der Waals surface area contributed by atoms with Gasteiger partial charge < -0.3 is 28.4 Å². The summed E-state index contributed by atoms with van der Waals surface area (Å²) in [6.45, 7) is 4.81. The smallest absolute Gasteiger partial charge is 0.311 e. The van der Waals surface area contributed by atoms with Crippen molar-refractivity contribution in [1.82, 2.24) is 0 Å². The number of ether oxygens (including phenoxy) is 6. The number of Topliss-reactive ketones (excluding diaryl/α,β-unsaturated/α-hetero) is 1. The topological polar surface area (TPSA) is 130 Å². The van der Waals surface area contributed by atoms with Gasteiger partial charge in [0.05, 0.1) is 25.0 Å². The van der Waals surface area contributed by atoms with Gasteiger partial charge in [-0.3, -0.25) is 19.8 Å². The minimum absolute atomic E-state index is 0.0209. The van der Waals surface area contributed by atoms with E-state index in [-0.39, 0.29) is 44.9 Å². The van der Waals surface area contributed by atoms with E-state index < -0.39 is 57.7 Å². The first kappa shape index (κ1) is 40.3. The summed E-state index contributed by atoms with van der Waals surface area (Å²) < 4.78 is 34.2. The van der Waals surface area contributed by atoms with Crippen LogP contribution in [0.1, 0.15) is 50.3 Å². The molecule has 0 bridgehead atoms. The maximum absolute atomic E-state index is 13.3. The van der Waals surface area contributed by atoms with Crippen LogP contribution >= 0.6 is 34.8 Å². The van der Waals surface area contributed by atoms with E-state index in [2.05, 4.69) is 0 Å². The molecule has 1 heterocycles. The average molecular weight is 763 g/mol. The summed E-state index contributed by atoms with van der Waals surface area (Å²) >= 11 is 17.9. The first-order valence-corrected chi connectivity index (χ1v) is 17.6. The van der Waals surface area contributed by atoms with Gasteiger partial charge in [0.1, 0.15) is 30.7 Å². The Bertz CT molecular complexity index is 1580. The van der Waals surface area contributed by atoms with Gasteiger partial charge in [-0.15, -0.1) is 0 Å². The van der Waals surface area contributed by atoms with Gasteiger partial charge in [0, 0.05) is 12.8 Å². The van der Waals surface area contributed by atoms with Gasteiger partial charge in [0.25, 0.3) is 3.79 Å². The second-order valence-corrected chi connectivity index (χ2v) is 15.3. The molecular formula is C38H42Cl3NO9. The average Bonchev–Trinajstić information content (AvgIpc) is 3.09. The van der Waals surface area contributed by atoms with Crippen molar-refractivity contribution in [3.8, 4) is 0 Å². The zero-order valence-electron chi connectivity index (χ0n) is 28.6. The van der Waals surface area contributed by atoms with Crippen LogP contribution in [0.15, 0.2) is 91.0 Å². The Kier molecular flexibility index (Phi) is 14.9. The first-order valence-electron chi connectivity index (χ1n) is 16.4. The third-order valence-corrected chi connectivity index (χ3v) is 8.28. The first-order chi connectivity index (χ1) is 24.2. The molecule has 1 aliphatic heterocycles. The van der Waals surface area contributed by atoms with Crippen molar-refractivity contribution in [1.29, 1.82) is 5.41 Å². The van der Waals surface area contributed by atoms with Crippen molar-refractivity contribution < 1.29 is 42.8 Å². The number of ketones is 1. The Morgan fingerprint density at radius 2 is 1.22 bits per heavy atom. The lowest BCUT2D eigenvalue weighted by atomic mass is 9.95. The minimum atomic E-state index is -2.28. The number of esters is 2. The predicted octanol–water partition coefficient (Wildman–Crippen LogP) is 7.34. The summed E-state index contributed by atoms with van der Waals surface area (Å²) in [6, 6.07) is 27.9. The molecule has 0 aliphatic carbocycles. The Morgan fingerprint density at radius 1 is 0.706 bits per heavy atom. The van der Waals surface area contributed by atoms with E-state index in [4.69, 9.17) is 68.6 Å². The molecule has 51 heavy (non-hydrogen) atoms. The standard InChI is InChI=1S/C38H42Cl3NO9/c1-37(2,3)36(45)50-33-32(48-23-27-17-11-6-12-18-27)31(47-22-26-15-9-5-10-16-26)29(49-34(33)51-35(42)38(39,40)41)24-46-30(44)20-19-28(43)21-25-13-7-4-8-14-25/h4-18,29,31-34,42H,19-24H2,1-3H3/t29-,31-,32+,33-,34?/m1/s1. The lowest BCUT2D eigenvalue weighted by Gasteiger charge is -2.45. The number of nitrogens with one attached hydrogen (secondary N) is 1. The summed E-state index contributed by atoms with van der Waals surface area (Å²) in [6.07, 6.45) is -6.07. The number of benzene rings is 3. The van der Waals surface area contributed by atoms with Crippen LogP contribution in [-0.2, 0) is 62.4 Å². The van der Waals surface area contributed by atoms with Crippen molar-refractivity contribution >= 4 is 58.4 Å². The van der Waals surface area contributed by atoms with Gasteiger partial charge in [-0.2, -0.15) is 0 Å². The second kappa shape index (κ2) is 18.8. The van der Waals surface area contributed by atoms with Gasteiger partial charge in [0.2, 0.25) is 12.2 Å². The molecule has 13 heteroatoms.